The van der Waals surface area contributed by atoms with Crippen LogP contribution in [0.4, 0.5) is 0 Å². The van der Waals surface area contributed by atoms with E-state index in [1.54, 1.807) is 6.07 Å². The number of aromatic nitrogens is 2. The Bertz CT molecular complexity index is 627. The molecular weight excluding hydrogens is 274 g/mol. The van der Waals surface area contributed by atoms with Gasteiger partial charge in [-0.15, -0.1) is 0 Å². The van der Waals surface area contributed by atoms with E-state index >= 15 is 0 Å². The van der Waals surface area contributed by atoms with E-state index in [0.717, 1.165) is 18.4 Å². The van der Waals surface area contributed by atoms with Gasteiger partial charge >= 0.3 is 0 Å². The molecule has 0 unspecified atom stereocenters. The zero-order valence-corrected chi connectivity index (χ0v) is 11.8. The number of hydrogen-bond donors (Lipinski definition) is 1. The molecule has 0 amide bonds. The molecule has 0 bridgehead atoms. The molecule has 0 radical (unpaired) electrons. The maximum absolute atomic E-state index is 5.73. The van der Waals surface area contributed by atoms with Crippen LogP contribution in [0.15, 0.2) is 16.7 Å². The lowest BCUT2D eigenvalue weighted by Crippen LogP contribution is -2.04. The van der Waals surface area contributed by atoms with Crippen molar-refractivity contribution in [2.75, 3.05) is 6.79 Å². The van der Waals surface area contributed by atoms with E-state index in [0.29, 0.717) is 35.5 Å². The topological polar surface area (TPSA) is 92.6 Å². The molecule has 1 aromatic carbocycles. The van der Waals surface area contributed by atoms with Gasteiger partial charge in [-0.3, -0.25) is 0 Å². The highest BCUT2D eigenvalue weighted by Gasteiger charge is 2.18. The highest BCUT2D eigenvalue weighted by molar-refractivity contribution is 5.51. The summed E-state index contributed by atoms with van der Waals surface area (Å²) in [6.07, 6.45) is 1.73. The highest BCUT2D eigenvalue weighted by Crippen LogP contribution is 2.38. The number of nitrogens with zero attached hydrogens (tertiary/aromatic N) is 2. The summed E-state index contributed by atoms with van der Waals surface area (Å²) in [5.74, 6) is 3.12. The van der Waals surface area contributed by atoms with Crippen LogP contribution in [0.2, 0.25) is 0 Å². The Labute approximate surface area is 122 Å². The third-order valence-electron chi connectivity index (χ3n) is 3.11. The first-order valence-corrected chi connectivity index (χ1v) is 6.87. The van der Waals surface area contributed by atoms with Crippen LogP contribution in [-0.2, 0) is 19.6 Å². The van der Waals surface area contributed by atoms with Crippen LogP contribution in [-0.4, -0.2) is 16.9 Å². The van der Waals surface area contributed by atoms with Crippen LogP contribution >= 0.6 is 0 Å². The van der Waals surface area contributed by atoms with E-state index in [2.05, 4.69) is 17.1 Å². The number of hydrogen-bond acceptors (Lipinski definition) is 7. The van der Waals surface area contributed by atoms with Gasteiger partial charge in [0.1, 0.15) is 5.75 Å². The molecule has 1 aliphatic rings. The minimum absolute atomic E-state index is 0.216. The fraction of sp³-hybridized carbons (Fsp3) is 0.429. The summed E-state index contributed by atoms with van der Waals surface area (Å²) in [4.78, 5) is 4.25. The van der Waals surface area contributed by atoms with Gasteiger partial charge in [0.25, 0.3) is 0 Å². The van der Waals surface area contributed by atoms with Crippen molar-refractivity contribution < 1.29 is 18.7 Å². The van der Waals surface area contributed by atoms with E-state index in [-0.39, 0.29) is 13.4 Å². The summed E-state index contributed by atoms with van der Waals surface area (Å²) in [5.41, 5.74) is 6.58. The molecule has 2 aromatic rings. The lowest BCUT2D eigenvalue weighted by Gasteiger charge is -2.09. The number of benzene rings is 1. The van der Waals surface area contributed by atoms with Gasteiger partial charge in [-0.2, -0.15) is 4.98 Å². The number of aryl methyl sites for hydroxylation is 1. The molecule has 1 aliphatic heterocycles. The van der Waals surface area contributed by atoms with E-state index in [1.807, 2.05) is 6.07 Å². The number of nitrogens with two attached hydrogens (primary N) is 1. The Balaban J connectivity index is 1.72. The normalized spacial score (nSPS) is 12.7. The Morgan fingerprint density at radius 3 is 2.86 bits per heavy atom. The largest absolute Gasteiger partial charge is 0.485 e. The van der Waals surface area contributed by atoms with Crippen LogP contribution < -0.4 is 19.9 Å². The van der Waals surface area contributed by atoms with Gasteiger partial charge in [-0.05, 0) is 12.5 Å². The van der Waals surface area contributed by atoms with Crippen molar-refractivity contribution in [2.24, 2.45) is 5.73 Å². The number of ether oxygens (including phenoxy) is 3. The Morgan fingerprint density at radius 1 is 1.29 bits per heavy atom. The average molecular weight is 291 g/mol. The molecule has 0 aliphatic carbocycles. The first kappa shape index (κ1) is 13.7. The second-order valence-corrected chi connectivity index (χ2v) is 4.66. The van der Waals surface area contributed by atoms with Crippen molar-refractivity contribution in [1.82, 2.24) is 10.1 Å². The van der Waals surface area contributed by atoms with Crippen LogP contribution in [0, 0.1) is 0 Å². The SMILES string of the molecule is CCCc1nc(COc2cc3c(cc2CN)OCO3)no1. The molecule has 2 heterocycles. The van der Waals surface area contributed by atoms with Crippen molar-refractivity contribution >= 4 is 0 Å². The van der Waals surface area contributed by atoms with Gasteiger partial charge in [-0.1, -0.05) is 12.1 Å². The molecule has 0 saturated carbocycles. The summed E-state index contributed by atoms with van der Waals surface area (Å²) in [6.45, 7) is 2.84. The van der Waals surface area contributed by atoms with Gasteiger partial charge in [0.05, 0.1) is 0 Å². The fourth-order valence-electron chi connectivity index (χ4n) is 2.07. The molecule has 0 spiro atoms. The second kappa shape index (κ2) is 6.01. The quantitative estimate of drug-likeness (QED) is 0.867. The number of fused-ring (bicyclic) bond motifs is 1. The van der Waals surface area contributed by atoms with Gasteiger partial charge in [0.15, 0.2) is 18.1 Å². The predicted octanol–water partition coefficient (Wildman–Crippen LogP) is 1.79. The maximum atomic E-state index is 5.73. The highest BCUT2D eigenvalue weighted by atomic mass is 16.7. The third-order valence-corrected chi connectivity index (χ3v) is 3.11. The second-order valence-electron chi connectivity index (χ2n) is 4.66. The zero-order chi connectivity index (χ0) is 14.7. The van der Waals surface area contributed by atoms with Crippen molar-refractivity contribution in [3.8, 4) is 17.2 Å². The minimum Gasteiger partial charge on any atom is -0.485 e. The smallest absolute Gasteiger partial charge is 0.231 e. The maximum Gasteiger partial charge on any atom is 0.231 e. The van der Waals surface area contributed by atoms with Crippen LogP contribution in [0.3, 0.4) is 0 Å². The molecule has 0 atom stereocenters. The van der Waals surface area contributed by atoms with Gasteiger partial charge < -0.3 is 24.5 Å². The summed E-state index contributed by atoms with van der Waals surface area (Å²) >= 11 is 0. The monoisotopic (exact) mass is 291 g/mol. The van der Waals surface area contributed by atoms with E-state index < -0.39 is 0 Å². The van der Waals surface area contributed by atoms with Gasteiger partial charge in [0.2, 0.25) is 18.5 Å². The summed E-state index contributed by atoms with van der Waals surface area (Å²) < 4.78 is 21.5. The van der Waals surface area contributed by atoms with Crippen molar-refractivity contribution in [2.45, 2.75) is 32.9 Å². The standard InChI is InChI=1S/C14H17N3O4/c1-2-3-14-16-13(17-21-14)7-18-10-5-12-11(19-8-20-12)4-9(10)6-15/h4-5H,2-3,6-8,15H2,1H3. The van der Waals surface area contributed by atoms with E-state index in [1.165, 1.54) is 0 Å². The first-order chi connectivity index (χ1) is 10.3. The molecule has 7 nitrogen and oxygen atoms in total. The van der Waals surface area contributed by atoms with Crippen LogP contribution in [0.1, 0.15) is 30.6 Å². The van der Waals surface area contributed by atoms with Crippen molar-refractivity contribution in [3.05, 3.63) is 29.4 Å². The third kappa shape index (κ3) is 2.92. The lowest BCUT2D eigenvalue weighted by atomic mass is 10.2. The summed E-state index contributed by atoms with van der Waals surface area (Å²) in [6, 6.07) is 3.61. The minimum atomic E-state index is 0.216. The first-order valence-electron chi connectivity index (χ1n) is 6.87. The Kier molecular flexibility index (Phi) is 3.92. The average Bonchev–Trinajstić information content (AvgIpc) is 3.12. The molecule has 2 N–H and O–H groups in total. The molecule has 3 rings (SSSR count). The van der Waals surface area contributed by atoms with Gasteiger partial charge in [-0.25, -0.2) is 0 Å². The zero-order valence-electron chi connectivity index (χ0n) is 11.8. The summed E-state index contributed by atoms with van der Waals surface area (Å²) in [7, 11) is 0. The van der Waals surface area contributed by atoms with E-state index in [4.69, 9.17) is 24.5 Å². The molecule has 0 saturated heterocycles. The molecule has 21 heavy (non-hydrogen) atoms. The predicted molar refractivity (Wildman–Crippen MR) is 73.1 cm³/mol. The lowest BCUT2D eigenvalue weighted by molar-refractivity contribution is 0.173. The molecule has 7 heteroatoms. The van der Waals surface area contributed by atoms with Crippen LogP contribution in [0.25, 0.3) is 0 Å². The van der Waals surface area contributed by atoms with Crippen LogP contribution in [0.5, 0.6) is 17.2 Å². The molecule has 1 aromatic heterocycles. The number of rotatable bonds is 6. The summed E-state index contributed by atoms with van der Waals surface area (Å²) in [5, 5.41) is 3.88. The molecule has 0 fully saturated rings. The Morgan fingerprint density at radius 2 is 2.10 bits per heavy atom. The van der Waals surface area contributed by atoms with Crippen molar-refractivity contribution in [3.63, 3.8) is 0 Å². The van der Waals surface area contributed by atoms with E-state index in [9.17, 15) is 0 Å². The Hall–Kier alpha value is -2.28. The fourth-order valence-corrected chi connectivity index (χ4v) is 2.07. The van der Waals surface area contributed by atoms with Crippen molar-refractivity contribution in [1.29, 1.82) is 0 Å². The molecule has 112 valence electrons. The molecular formula is C14H17N3O4. The van der Waals surface area contributed by atoms with Gasteiger partial charge in [0, 0.05) is 24.6 Å².